The number of nitrogens with two attached hydrogens (primary N) is 1. The smallest absolute Gasteiger partial charge is 0.343 e. The van der Waals surface area contributed by atoms with Gasteiger partial charge in [0.2, 0.25) is 5.91 Å². The predicted molar refractivity (Wildman–Crippen MR) is 101 cm³/mol. The predicted octanol–water partition coefficient (Wildman–Crippen LogP) is 2.13. The van der Waals surface area contributed by atoms with E-state index >= 15 is 0 Å². The lowest BCUT2D eigenvalue weighted by Gasteiger charge is -2.57. The highest BCUT2D eigenvalue weighted by Gasteiger charge is 2.62. The van der Waals surface area contributed by atoms with Gasteiger partial charge in [0.25, 0.3) is 0 Å². The molecule has 0 heterocycles. The van der Waals surface area contributed by atoms with Crippen LogP contribution in [0.2, 0.25) is 0 Å². The molecule has 8 heteroatoms. The second-order valence-electron chi connectivity index (χ2n) is 6.69. The van der Waals surface area contributed by atoms with Crippen LogP contribution in [0.5, 0.6) is 5.75 Å². The summed E-state index contributed by atoms with van der Waals surface area (Å²) < 4.78 is 15.5. The molecular weight excluding hydrogens is 360 g/mol. The highest BCUT2D eigenvalue weighted by molar-refractivity contribution is 5.99. The topological polar surface area (TPSA) is 99.9 Å². The minimum Gasteiger partial charge on any atom is -0.482 e. The summed E-state index contributed by atoms with van der Waals surface area (Å²) in [6.07, 6.45) is 0.432. The minimum atomic E-state index is -1.00. The summed E-state index contributed by atoms with van der Waals surface area (Å²) in [6, 6.07) is 6.78. The van der Waals surface area contributed by atoms with E-state index in [0.29, 0.717) is 24.5 Å². The lowest BCUT2D eigenvalue weighted by atomic mass is 9.54. The molecule has 0 spiro atoms. The molecule has 1 saturated carbocycles. The van der Waals surface area contributed by atoms with Gasteiger partial charge in [-0.3, -0.25) is 4.79 Å². The summed E-state index contributed by atoms with van der Waals surface area (Å²) in [5.74, 6) is -0.290. The van der Waals surface area contributed by atoms with E-state index in [0.717, 1.165) is 0 Å². The van der Waals surface area contributed by atoms with Crippen molar-refractivity contribution in [2.45, 2.75) is 38.8 Å². The Kier molecular flexibility index (Phi) is 7.44. The molecule has 2 rings (SSSR count). The van der Waals surface area contributed by atoms with E-state index < -0.39 is 16.9 Å². The second-order valence-corrected chi connectivity index (χ2v) is 6.69. The number of amides is 1. The van der Waals surface area contributed by atoms with Crippen molar-refractivity contribution in [2.24, 2.45) is 11.1 Å². The van der Waals surface area contributed by atoms with Crippen molar-refractivity contribution in [1.82, 2.24) is 0 Å². The summed E-state index contributed by atoms with van der Waals surface area (Å²) in [6.45, 7) is 6.19. The van der Waals surface area contributed by atoms with Crippen LogP contribution in [0.25, 0.3) is 0 Å². The maximum Gasteiger partial charge on any atom is 0.343 e. The van der Waals surface area contributed by atoms with Crippen molar-refractivity contribution in [1.29, 1.82) is 0 Å². The number of carbonyl (C=O) groups is 2. The molecule has 1 aliphatic carbocycles. The number of rotatable bonds is 7. The van der Waals surface area contributed by atoms with Crippen LogP contribution in [0.3, 0.4) is 0 Å². The number of methoxy groups -OCH3 is 1. The molecule has 0 bridgehead atoms. The summed E-state index contributed by atoms with van der Waals surface area (Å²) >= 11 is 0. The molecule has 0 saturated heterocycles. The first-order chi connectivity index (χ1) is 11.7. The van der Waals surface area contributed by atoms with Gasteiger partial charge in [-0.2, -0.15) is 0 Å². The number of halogens is 1. The first kappa shape index (κ1) is 22.2. The molecule has 146 valence electrons. The molecule has 1 aliphatic rings. The Bertz CT molecular complexity index is 652. The van der Waals surface area contributed by atoms with Crippen molar-refractivity contribution < 1.29 is 23.8 Å². The Morgan fingerprint density at radius 2 is 2.04 bits per heavy atom. The van der Waals surface area contributed by atoms with Gasteiger partial charge in [-0.1, -0.05) is 19.9 Å². The maximum atomic E-state index is 12.7. The van der Waals surface area contributed by atoms with Gasteiger partial charge in [-0.15, -0.1) is 12.4 Å². The molecule has 3 N–H and O–H groups in total. The third-order valence-electron chi connectivity index (χ3n) is 4.91. The van der Waals surface area contributed by atoms with Gasteiger partial charge < -0.3 is 25.3 Å². The van der Waals surface area contributed by atoms with E-state index in [9.17, 15) is 9.59 Å². The van der Waals surface area contributed by atoms with Crippen LogP contribution in [-0.2, 0) is 19.1 Å². The number of ether oxygens (including phenoxy) is 3. The number of carbonyl (C=O) groups excluding carboxylic acids is 2. The third kappa shape index (κ3) is 4.28. The largest absolute Gasteiger partial charge is 0.482 e. The zero-order valence-corrected chi connectivity index (χ0v) is 16.4. The van der Waals surface area contributed by atoms with Crippen molar-refractivity contribution in [2.75, 3.05) is 25.6 Å². The van der Waals surface area contributed by atoms with E-state index in [1.807, 2.05) is 20.8 Å². The van der Waals surface area contributed by atoms with Gasteiger partial charge in [0.15, 0.2) is 6.61 Å². The van der Waals surface area contributed by atoms with E-state index in [1.165, 1.54) is 7.11 Å². The fourth-order valence-corrected chi connectivity index (χ4v) is 2.93. The number of esters is 1. The van der Waals surface area contributed by atoms with Crippen LogP contribution in [0, 0.1) is 5.41 Å². The van der Waals surface area contributed by atoms with Crippen molar-refractivity contribution in [3.63, 3.8) is 0 Å². The normalized spacial score (nSPS) is 23.2. The van der Waals surface area contributed by atoms with Gasteiger partial charge in [-0.05, 0) is 19.1 Å². The number of anilines is 1. The fourth-order valence-electron chi connectivity index (χ4n) is 2.93. The summed E-state index contributed by atoms with van der Waals surface area (Å²) in [5.41, 5.74) is 5.44. The van der Waals surface area contributed by atoms with Crippen LogP contribution < -0.4 is 15.8 Å². The van der Waals surface area contributed by atoms with E-state index in [1.54, 1.807) is 24.3 Å². The Morgan fingerprint density at radius 3 is 2.62 bits per heavy atom. The van der Waals surface area contributed by atoms with Crippen molar-refractivity contribution in [3.05, 3.63) is 24.3 Å². The molecule has 1 fully saturated rings. The SMILES string of the molecule is CCOC1CC(N)(C(=O)Nc2cccc(OCC(=O)OC)c2)C1(C)C.Cl. The first-order valence-corrected chi connectivity index (χ1v) is 8.26. The van der Waals surface area contributed by atoms with Crippen molar-refractivity contribution in [3.8, 4) is 5.75 Å². The van der Waals surface area contributed by atoms with Gasteiger partial charge in [-0.25, -0.2) is 4.79 Å². The molecule has 0 aromatic heterocycles. The van der Waals surface area contributed by atoms with Crippen LogP contribution in [0.1, 0.15) is 27.2 Å². The number of nitrogens with one attached hydrogen (secondary N) is 1. The Morgan fingerprint density at radius 1 is 1.35 bits per heavy atom. The van der Waals surface area contributed by atoms with Crippen LogP contribution >= 0.6 is 12.4 Å². The highest BCUT2D eigenvalue weighted by Crippen LogP contribution is 2.50. The highest BCUT2D eigenvalue weighted by atomic mass is 35.5. The minimum absolute atomic E-state index is 0. The molecular formula is C18H27ClN2O5. The third-order valence-corrected chi connectivity index (χ3v) is 4.91. The molecule has 2 atom stereocenters. The second kappa shape index (κ2) is 8.70. The monoisotopic (exact) mass is 386 g/mol. The Hall–Kier alpha value is -1.83. The van der Waals surface area contributed by atoms with Crippen LogP contribution in [0.15, 0.2) is 24.3 Å². The van der Waals surface area contributed by atoms with Crippen LogP contribution in [0.4, 0.5) is 5.69 Å². The average Bonchev–Trinajstić information content (AvgIpc) is 2.59. The quantitative estimate of drug-likeness (QED) is 0.696. The molecule has 1 aromatic rings. The van der Waals surface area contributed by atoms with Gasteiger partial charge in [0.1, 0.15) is 11.3 Å². The molecule has 1 aromatic carbocycles. The van der Waals surface area contributed by atoms with Gasteiger partial charge in [0.05, 0.1) is 13.2 Å². The number of benzene rings is 1. The standard InChI is InChI=1S/C18H26N2O5.ClH/c1-5-24-14-10-18(19,17(14,2)3)16(22)20-12-7-6-8-13(9-12)25-11-15(21)23-4;/h6-9,14H,5,10-11,19H2,1-4H3,(H,20,22);1H. The number of hydrogen-bond donors (Lipinski definition) is 2. The molecule has 2 unspecified atom stereocenters. The summed E-state index contributed by atoms with van der Waals surface area (Å²) in [4.78, 5) is 23.8. The molecule has 26 heavy (non-hydrogen) atoms. The van der Waals surface area contributed by atoms with Crippen molar-refractivity contribution >= 4 is 30.0 Å². The molecule has 7 nitrogen and oxygen atoms in total. The molecule has 1 amide bonds. The molecule has 0 aliphatic heterocycles. The van der Waals surface area contributed by atoms with E-state index in [2.05, 4.69) is 10.1 Å². The lowest BCUT2D eigenvalue weighted by Crippen LogP contribution is -2.74. The zero-order chi connectivity index (χ0) is 18.7. The van der Waals surface area contributed by atoms with E-state index in [-0.39, 0.29) is 31.0 Å². The fraction of sp³-hybridized carbons (Fsp3) is 0.556. The number of hydrogen-bond acceptors (Lipinski definition) is 6. The van der Waals surface area contributed by atoms with Crippen LogP contribution in [-0.4, -0.2) is 43.8 Å². The zero-order valence-electron chi connectivity index (χ0n) is 15.5. The van der Waals surface area contributed by atoms with E-state index in [4.69, 9.17) is 15.2 Å². The summed E-state index contributed by atoms with van der Waals surface area (Å²) in [7, 11) is 1.29. The lowest BCUT2D eigenvalue weighted by molar-refractivity contribution is -0.166. The first-order valence-electron chi connectivity index (χ1n) is 8.26. The maximum absolute atomic E-state index is 12.7. The average molecular weight is 387 g/mol. The van der Waals surface area contributed by atoms with Gasteiger partial charge >= 0.3 is 5.97 Å². The Labute approximate surface area is 160 Å². The molecule has 0 radical (unpaired) electrons. The van der Waals surface area contributed by atoms with Gasteiger partial charge in [0, 0.05) is 30.2 Å². The Balaban J connectivity index is 0.00000338. The summed E-state index contributed by atoms with van der Waals surface area (Å²) in [5, 5.41) is 2.83.